The van der Waals surface area contributed by atoms with Crippen molar-refractivity contribution < 1.29 is 0 Å². The van der Waals surface area contributed by atoms with E-state index in [1.165, 1.54) is 0 Å². The maximum atomic E-state index is 5.09. The van der Waals surface area contributed by atoms with Crippen molar-refractivity contribution >= 4 is 21.8 Å². The van der Waals surface area contributed by atoms with Crippen LogP contribution in [0.4, 0.5) is 0 Å². The van der Waals surface area contributed by atoms with Gasteiger partial charge in [0.2, 0.25) is 0 Å². The molecule has 6 aromatic carbocycles. The normalized spacial score (nSPS) is 11.3. The molecular weight excluding hydrogens is 601 g/mol. The Kier molecular flexibility index (Phi) is 7.02. The molecule has 0 aliphatic heterocycles. The minimum atomic E-state index is 0.620. The van der Waals surface area contributed by atoms with E-state index in [0.717, 1.165) is 66.7 Å². The molecule has 49 heavy (non-hydrogen) atoms. The van der Waals surface area contributed by atoms with Crippen LogP contribution in [0.15, 0.2) is 170 Å². The lowest BCUT2D eigenvalue weighted by Gasteiger charge is -2.16. The number of pyridine rings is 1. The summed E-state index contributed by atoms with van der Waals surface area (Å²) >= 11 is 0. The van der Waals surface area contributed by atoms with Gasteiger partial charge in [0.05, 0.1) is 16.7 Å². The fourth-order valence-electron chi connectivity index (χ4n) is 6.38. The summed E-state index contributed by atoms with van der Waals surface area (Å²) in [6.45, 7) is 0. The summed E-state index contributed by atoms with van der Waals surface area (Å²) in [5.74, 6) is 2.74. The van der Waals surface area contributed by atoms with Crippen molar-refractivity contribution in [3.05, 3.63) is 170 Å². The van der Waals surface area contributed by atoms with Crippen molar-refractivity contribution in [1.29, 1.82) is 0 Å². The van der Waals surface area contributed by atoms with E-state index in [-0.39, 0.29) is 0 Å². The molecule has 0 spiro atoms. The summed E-state index contributed by atoms with van der Waals surface area (Å²) in [6.07, 6.45) is 3.66. The van der Waals surface area contributed by atoms with E-state index in [1.807, 2.05) is 79.0 Å². The monoisotopic (exact) mass is 628 g/mol. The van der Waals surface area contributed by atoms with Crippen molar-refractivity contribution in [2.45, 2.75) is 0 Å². The van der Waals surface area contributed by atoms with E-state index in [4.69, 9.17) is 19.9 Å². The largest absolute Gasteiger partial charge is 0.292 e. The van der Waals surface area contributed by atoms with Crippen LogP contribution in [0.25, 0.3) is 84.2 Å². The zero-order valence-electron chi connectivity index (χ0n) is 26.3. The molecule has 0 fully saturated rings. The molecule has 0 saturated heterocycles. The SMILES string of the molecule is c1ccc(-c2nc(-c3ccccc3)nc(-c3cccc(-c4cc(-n5c(-c6cccnc6)nc6ccccc65)c5ccccc5c4)c3)n2)cc1. The molecule has 0 unspecified atom stereocenters. The number of nitrogens with zero attached hydrogens (tertiary/aromatic N) is 6. The van der Waals surface area contributed by atoms with E-state index >= 15 is 0 Å². The van der Waals surface area contributed by atoms with Gasteiger partial charge in [-0.15, -0.1) is 0 Å². The van der Waals surface area contributed by atoms with Crippen molar-refractivity contribution in [3.63, 3.8) is 0 Å². The molecule has 0 aliphatic carbocycles. The maximum absolute atomic E-state index is 5.09. The Morgan fingerprint density at radius 3 is 1.76 bits per heavy atom. The first kappa shape index (κ1) is 28.4. The molecule has 9 aromatic rings. The van der Waals surface area contributed by atoms with Crippen LogP contribution in [0, 0.1) is 0 Å². The van der Waals surface area contributed by atoms with E-state index in [0.29, 0.717) is 17.5 Å². The summed E-state index contributed by atoms with van der Waals surface area (Å²) in [4.78, 5) is 24.3. The minimum Gasteiger partial charge on any atom is -0.292 e. The number of aromatic nitrogens is 6. The molecule has 6 heteroatoms. The van der Waals surface area contributed by atoms with Crippen molar-refractivity contribution in [2.75, 3.05) is 0 Å². The predicted molar refractivity (Wildman–Crippen MR) is 197 cm³/mol. The Labute approximate surface area is 283 Å². The van der Waals surface area contributed by atoms with Crippen LogP contribution in [0.2, 0.25) is 0 Å². The van der Waals surface area contributed by atoms with Gasteiger partial charge < -0.3 is 0 Å². The van der Waals surface area contributed by atoms with Crippen molar-refractivity contribution in [1.82, 2.24) is 29.5 Å². The fourth-order valence-corrected chi connectivity index (χ4v) is 6.38. The maximum Gasteiger partial charge on any atom is 0.164 e. The molecule has 0 amide bonds. The Balaban J connectivity index is 1.23. The number of fused-ring (bicyclic) bond motifs is 2. The number of para-hydroxylation sites is 2. The van der Waals surface area contributed by atoms with Crippen molar-refractivity contribution in [3.8, 4) is 62.4 Å². The first-order valence-electron chi connectivity index (χ1n) is 16.2. The number of benzene rings is 6. The number of hydrogen-bond donors (Lipinski definition) is 0. The molecule has 0 saturated carbocycles. The average Bonchev–Trinajstić information content (AvgIpc) is 3.58. The third-order valence-corrected chi connectivity index (χ3v) is 8.71. The van der Waals surface area contributed by atoms with Gasteiger partial charge in [-0.3, -0.25) is 9.55 Å². The number of hydrogen-bond acceptors (Lipinski definition) is 5. The van der Waals surface area contributed by atoms with Gasteiger partial charge in [0.1, 0.15) is 5.82 Å². The summed E-state index contributed by atoms with van der Waals surface area (Å²) in [7, 11) is 0. The molecule has 0 N–H and O–H groups in total. The summed E-state index contributed by atoms with van der Waals surface area (Å²) in [5.41, 5.74) is 8.88. The van der Waals surface area contributed by atoms with Gasteiger partial charge in [0, 0.05) is 40.0 Å². The second-order valence-electron chi connectivity index (χ2n) is 11.8. The fraction of sp³-hybridized carbons (Fsp3) is 0. The average molecular weight is 629 g/mol. The van der Waals surface area contributed by atoms with Gasteiger partial charge in [-0.05, 0) is 59.0 Å². The molecule has 9 rings (SSSR count). The zero-order valence-corrected chi connectivity index (χ0v) is 26.3. The topological polar surface area (TPSA) is 69.4 Å². The standard InChI is InChI=1S/C43H28N6/c1-3-13-29(14-4-1)40-46-41(30-15-5-2-6-16-30)48-42(47-40)33-19-11-18-31(25-33)35-26-32-17-7-8-21-36(32)39(27-35)49-38-23-10-9-22-37(38)45-43(49)34-20-12-24-44-28-34/h1-28H. The smallest absolute Gasteiger partial charge is 0.164 e. The van der Waals surface area contributed by atoms with Gasteiger partial charge in [-0.2, -0.15) is 0 Å². The Bertz CT molecular complexity index is 2540. The molecule has 3 heterocycles. The Morgan fingerprint density at radius 2 is 1.02 bits per heavy atom. The Morgan fingerprint density at radius 1 is 0.408 bits per heavy atom. The van der Waals surface area contributed by atoms with Crippen molar-refractivity contribution in [2.24, 2.45) is 0 Å². The van der Waals surface area contributed by atoms with Crippen LogP contribution >= 0.6 is 0 Å². The lowest BCUT2D eigenvalue weighted by molar-refractivity contribution is 1.07. The summed E-state index contributed by atoms with van der Waals surface area (Å²) in [5, 5.41) is 2.27. The minimum absolute atomic E-state index is 0.620. The van der Waals surface area contributed by atoms with E-state index in [9.17, 15) is 0 Å². The van der Waals surface area contributed by atoms with Crippen LogP contribution in [-0.4, -0.2) is 29.5 Å². The van der Waals surface area contributed by atoms with E-state index in [1.54, 1.807) is 6.20 Å². The van der Waals surface area contributed by atoms with Gasteiger partial charge >= 0.3 is 0 Å². The van der Waals surface area contributed by atoms with Crippen LogP contribution in [0.1, 0.15) is 0 Å². The third-order valence-electron chi connectivity index (χ3n) is 8.71. The van der Waals surface area contributed by atoms with Gasteiger partial charge in [0.15, 0.2) is 17.5 Å². The summed E-state index contributed by atoms with van der Waals surface area (Å²) in [6, 6.07) is 53.9. The molecule has 0 radical (unpaired) electrons. The van der Waals surface area contributed by atoms with Gasteiger partial charge in [-0.25, -0.2) is 19.9 Å². The third kappa shape index (κ3) is 5.31. The molecule has 230 valence electrons. The number of rotatable bonds is 6. The quantitative estimate of drug-likeness (QED) is 0.183. The first-order chi connectivity index (χ1) is 24.3. The molecular formula is C43H28N6. The zero-order chi connectivity index (χ0) is 32.6. The van der Waals surface area contributed by atoms with E-state index in [2.05, 4.69) is 94.5 Å². The lowest BCUT2D eigenvalue weighted by Crippen LogP contribution is -2.01. The highest BCUT2D eigenvalue weighted by Gasteiger charge is 2.18. The van der Waals surface area contributed by atoms with Crippen LogP contribution in [-0.2, 0) is 0 Å². The number of imidazole rings is 1. The highest BCUT2D eigenvalue weighted by atomic mass is 15.1. The lowest BCUT2D eigenvalue weighted by atomic mass is 9.97. The molecule has 6 nitrogen and oxygen atoms in total. The Hall–Kier alpha value is -6.79. The molecule has 0 aliphatic rings. The van der Waals surface area contributed by atoms with Crippen LogP contribution < -0.4 is 0 Å². The van der Waals surface area contributed by atoms with Crippen LogP contribution in [0.3, 0.4) is 0 Å². The highest BCUT2D eigenvalue weighted by Crippen LogP contribution is 2.36. The molecule has 3 aromatic heterocycles. The van der Waals surface area contributed by atoms with Gasteiger partial charge in [0.25, 0.3) is 0 Å². The first-order valence-corrected chi connectivity index (χ1v) is 16.2. The van der Waals surface area contributed by atoms with Crippen LogP contribution in [0.5, 0.6) is 0 Å². The van der Waals surface area contributed by atoms with Gasteiger partial charge in [-0.1, -0.05) is 115 Å². The summed E-state index contributed by atoms with van der Waals surface area (Å²) < 4.78 is 2.26. The second-order valence-corrected chi connectivity index (χ2v) is 11.8. The second kappa shape index (κ2) is 12.1. The highest BCUT2D eigenvalue weighted by molar-refractivity contribution is 5.97. The molecule has 0 atom stereocenters. The molecule has 0 bridgehead atoms. The predicted octanol–water partition coefficient (Wildman–Crippen LogP) is 10.1. The van der Waals surface area contributed by atoms with E-state index < -0.39 is 0 Å².